The van der Waals surface area contributed by atoms with Gasteiger partial charge >= 0.3 is 5.69 Å². The number of amides is 1. The molecule has 2 aliphatic heterocycles. The second-order valence-corrected chi connectivity index (χ2v) is 16.6. The third kappa shape index (κ3) is 6.28. The largest absolute Gasteiger partial charge is 0.363 e. The Morgan fingerprint density at radius 1 is 1.04 bits per heavy atom. The lowest BCUT2D eigenvalue weighted by molar-refractivity contribution is -0.128. The average molecular weight is 784 g/mol. The van der Waals surface area contributed by atoms with Crippen LogP contribution in [0.2, 0.25) is 5.02 Å². The number of anilines is 2. The molecule has 7 rings (SSSR count). The minimum absolute atomic E-state index is 0.0345. The number of imidazole rings is 1. The van der Waals surface area contributed by atoms with Crippen LogP contribution >= 0.6 is 11.6 Å². The van der Waals surface area contributed by atoms with Crippen molar-refractivity contribution in [3.05, 3.63) is 85.8 Å². The summed E-state index contributed by atoms with van der Waals surface area (Å²) in [6.45, 7) is 18.3. The van der Waals surface area contributed by atoms with Crippen LogP contribution in [0.5, 0.6) is 0 Å². The van der Waals surface area contributed by atoms with E-state index < -0.39 is 5.82 Å². The molecule has 2 aromatic carbocycles. The van der Waals surface area contributed by atoms with Gasteiger partial charge in [-0.15, -0.1) is 0 Å². The summed E-state index contributed by atoms with van der Waals surface area (Å²) in [7, 11) is 5.66. The van der Waals surface area contributed by atoms with E-state index in [1.807, 2.05) is 66.6 Å². The first-order valence-electron chi connectivity index (χ1n) is 19.3. The van der Waals surface area contributed by atoms with Crippen molar-refractivity contribution in [1.82, 2.24) is 33.9 Å². The van der Waals surface area contributed by atoms with Gasteiger partial charge in [0.2, 0.25) is 5.91 Å². The maximum atomic E-state index is 17.4. The topological polar surface area (TPSA) is 116 Å². The molecule has 2 unspecified atom stereocenters. The van der Waals surface area contributed by atoms with Gasteiger partial charge in [0.15, 0.2) is 0 Å². The second-order valence-electron chi connectivity index (χ2n) is 16.2. The molecule has 0 bridgehead atoms. The summed E-state index contributed by atoms with van der Waals surface area (Å²) in [5, 5.41) is 0.497. The van der Waals surface area contributed by atoms with E-state index >= 15 is 9.18 Å². The average Bonchev–Trinajstić information content (AvgIpc) is 3.44. The lowest BCUT2D eigenvalue weighted by atomic mass is 9.93. The molecule has 1 N–H and O–H groups in total. The molecule has 0 saturated carbocycles. The number of carbonyl (C=O) groups excluding carboxylic acids is 1. The molecular weight excluding hydrogens is 733 g/mol. The first-order valence-corrected chi connectivity index (χ1v) is 19.7. The predicted molar refractivity (Wildman–Crippen MR) is 223 cm³/mol. The van der Waals surface area contributed by atoms with E-state index in [1.54, 1.807) is 17.7 Å². The Hall–Kier alpha value is -5.01. The zero-order chi connectivity index (χ0) is 40.5. The van der Waals surface area contributed by atoms with E-state index in [2.05, 4.69) is 26.3 Å². The van der Waals surface area contributed by atoms with E-state index in [0.29, 0.717) is 87.7 Å². The van der Waals surface area contributed by atoms with Crippen LogP contribution in [0.4, 0.5) is 15.8 Å². The number of fused-ring (bicyclic) bond motifs is 6. The lowest BCUT2D eigenvalue weighted by Gasteiger charge is -2.52. The summed E-state index contributed by atoms with van der Waals surface area (Å²) in [6.07, 6.45) is 3.64. The van der Waals surface area contributed by atoms with Crippen molar-refractivity contribution in [2.75, 3.05) is 56.6 Å². The monoisotopic (exact) mass is 783 g/mol. The third-order valence-corrected chi connectivity index (χ3v) is 11.8. The molecule has 0 radical (unpaired) electrons. The Morgan fingerprint density at radius 3 is 2.34 bits per heavy atom. The first-order chi connectivity index (χ1) is 26.6. The Labute approximate surface area is 331 Å². The Balaban J connectivity index is 1.66. The molecule has 0 spiro atoms. The van der Waals surface area contributed by atoms with Crippen molar-refractivity contribution in [1.29, 1.82) is 0 Å². The maximum Gasteiger partial charge on any atom is 0.326 e. The fourth-order valence-electron chi connectivity index (χ4n) is 8.72. The van der Waals surface area contributed by atoms with E-state index in [9.17, 15) is 9.59 Å². The van der Waals surface area contributed by atoms with Gasteiger partial charge in [-0.1, -0.05) is 51.9 Å². The predicted octanol–water partition coefficient (Wildman–Crippen LogP) is 6.34. The van der Waals surface area contributed by atoms with E-state index in [0.717, 1.165) is 13.0 Å². The Bertz CT molecular complexity index is 2490. The van der Waals surface area contributed by atoms with Gasteiger partial charge in [-0.2, -0.15) is 0 Å². The third-order valence-electron chi connectivity index (χ3n) is 11.4. The summed E-state index contributed by atoms with van der Waals surface area (Å²) >= 11 is 7.65. The van der Waals surface area contributed by atoms with Crippen molar-refractivity contribution in [3.63, 3.8) is 0 Å². The molecule has 296 valence electrons. The van der Waals surface area contributed by atoms with Crippen LogP contribution in [0.25, 0.3) is 38.8 Å². The molecule has 12 nitrogen and oxygen atoms in total. The molecule has 14 heteroatoms. The smallest absolute Gasteiger partial charge is 0.326 e. The van der Waals surface area contributed by atoms with Crippen molar-refractivity contribution >= 4 is 50.8 Å². The number of H-pyrrole nitrogens is 1. The molecule has 5 aromatic rings. The number of piperazine rings is 1. The normalized spacial score (nSPS) is 17.1. The van der Waals surface area contributed by atoms with Gasteiger partial charge in [0, 0.05) is 55.8 Å². The van der Waals surface area contributed by atoms with E-state index in [-0.39, 0.29) is 51.7 Å². The van der Waals surface area contributed by atoms with E-state index in [1.165, 1.54) is 23.0 Å². The highest BCUT2D eigenvalue weighted by atomic mass is 35.5. The summed E-state index contributed by atoms with van der Waals surface area (Å²) < 4.78 is 20.5. The van der Waals surface area contributed by atoms with Crippen LogP contribution in [0.3, 0.4) is 0 Å². The molecular formula is C42H51ClFN9O3. The first kappa shape index (κ1) is 39.2. The quantitative estimate of drug-likeness (QED) is 0.173. The number of halogens is 2. The van der Waals surface area contributed by atoms with Gasteiger partial charge < -0.3 is 24.6 Å². The summed E-state index contributed by atoms with van der Waals surface area (Å²) in [5.41, 5.74) is 4.86. The van der Waals surface area contributed by atoms with Crippen molar-refractivity contribution in [2.45, 2.75) is 71.9 Å². The van der Waals surface area contributed by atoms with Gasteiger partial charge in [0.1, 0.15) is 17.8 Å². The van der Waals surface area contributed by atoms with Crippen molar-refractivity contribution < 1.29 is 9.18 Å². The standard InChI is InChI=1S/C42H51ClFN9O3/c1-11-30(54)51-20-26-19-50(16-12-15-48(8)9)40-37(52(26)18-25(51)7)27-17-28(44)32(31-24(6)13-14-29-38(31)49(10)42(56)47-29)33(43)36(27)53(41(40)55)39-34(22(2)3)45-21-46-35(39)23(4)5/h11,13-14,17,21-23,25-26H,1,12,15-16,18-20H2,2-10H3,(H,47,56). The number of nitrogens with one attached hydrogen (secondary N) is 1. The molecule has 1 amide bonds. The van der Waals surface area contributed by atoms with Gasteiger partial charge in [-0.25, -0.2) is 19.2 Å². The number of hydrogen-bond donors (Lipinski definition) is 1. The van der Waals surface area contributed by atoms with Gasteiger partial charge in [-0.3, -0.25) is 18.7 Å². The van der Waals surface area contributed by atoms with Crippen LogP contribution in [0.1, 0.15) is 69.8 Å². The van der Waals surface area contributed by atoms with Crippen molar-refractivity contribution in [3.8, 4) is 16.8 Å². The molecule has 0 aliphatic carbocycles. The number of nitrogens with zero attached hydrogens (tertiary/aromatic N) is 8. The highest BCUT2D eigenvalue weighted by Gasteiger charge is 2.43. The molecule has 1 saturated heterocycles. The van der Waals surface area contributed by atoms with E-state index in [4.69, 9.17) is 21.6 Å². The maximum absolute atomic E-state index is 17.4. The number of aromatic amines is 1. The molecule has 56 heavy (non-hydrogen) atoms. The number of benzene rings is 2. The number of aromatic nitrogens is 5. The highest BCUT2D eigenvalue weighted by Crippen LogP contribution is 2.48. The Kier molecular flexibility index (Phi) is 10.4. The number of pyridine rings is 1. The van der Waals surface area contributed by atoms with Crippen molar-refractivity contribution in [2.24, 2.45) is 7.05 Å². The molecule has 2 atom stereocenters. The number of carbonyl (C=O) groups is 1. The van der Waals surface area contributed by atoms with Crippen LogP contribution in [0.15, 0.2) is 46.8 Å². The number of aryl methyl sites for hydroxylation is 2. The fraction of sp³-hybridized carbons (Fsp3) is 0.452. The summed E-state index contributed by atoms with van der Waals surface area (Å²) in [4.78, 5) is 62.4. The molecule has 1 fully saturated rings. The second kappa shape index (κ2) is 14.8. The SMILES string of the molecule is C=CC(=O)N1CC2CN(CCCN(C)C)c3c(c4cc(F)c(-c5c(C)ccc6[nH]c(=O)n(C)c56)c(Cl)c4n(-c4c(C(C)C)ncnc4C(C)C)c3=O)N2CC1C. The fourth-order valence-corrected chi connectivity index (χ4v) is 9.09. The zero-order valence-corrected chi connectivity index (χ0v) is 34.5. The van der Waals surface area contributed by atoms with Crippen LogP contribution in [-0.2, 0) is 11.8 Å². The highest BCUT2D eigenvalue weighted by molar-refractivity contribution is 6.39. The molecule has 5 heterocycles. The van der Waals surface area contributed by atoms with Gasteiger partial charge in [0.25, 0.3) is 5.56 Å². The van der Waals surface area contributed by atoms with Crippen LogP contribution < -0.4 is 21.0 Å². The molecule has 2 aliphatic rings. The minimum atomic E-state index is -0.591. The summed E-state index contributed by atoms with van der Waals surface area (Å²) in [6, 6.07) is 4.69. The molecule has 3 aromatic heterocycles. The zero-order valence-electron chi connectivity index (χ0n) is 33.7. The summed E-state index contributed by atoms with van der Waals surface area (Å²) in [5.74, 6) is -0.961. The minimum Gasteiger partial charge on any atom is -0.363 e. The Morgan fingerprint density at radius 2 is 1.71 bits per heavy atom. The van der Waals surface area contributed by atoms with Gasteiger partial charge in [-0.05, 0) is 76.5 Å². The lowest BCUT2D eigenvalue weighted by Crippen LogP contribution is -2.64. The number of rotatable bonds is 9. The van der Waals surface area contributed by atoms with Crippen LogP contribution in [0, 0.1) is 12.7 Å². The van der Waals surface area contributed by atoms with Crippen LogP contribution in [-0.4, -0.2) is 98.7 Å². The number of hydrogen-bond acceptors (Lipinski definition) is 8. The van der Waals surface area contributed by atoms with Gasteiger partial charge in [0.05, 0.1) is 50.4 Å².